The third-order valence-corrected chi connectivity index (χ3v) is 6.68. The molecule has 14 heteroatoms. The molecule has 3 aromatic heterocycles. The van der Waals surface area contributed by atoms with E-state index in [0.717, 1.165) is 12.1 Å². The van der Waals surface area contributed by atoms with Gasteiger partial charge in [0.25, 0.3) is 0 Å². The summed E-state index contributed by atoms with van der Waals surface area (Å²) in [6, 6.07) is 4.09. The van der Waals surface area contributed by atoms with Crippen LogP contribution in [0.25, 0.3) is 16.9 Å². The third kappa shape index (κ3) is 4.53. The molecule has 0 saturated carbocycles. The highest BCUT2D eigenvalue weighted by atomic mass is 32.2. The first-order valence-corrected chi connectivity index (χ1v) is 12.5. The second-order valence-electron chi connectivity index (χ2n) is 8.52. The van der Waals surface area contributed by atoms with Crippen molar-refractivity contribution in [3.8, 4) is 11.6 Å². The van der Waals surface area contributed by atoms with E-state index in [1.54, 1.807) is 0 Å². The molecule has 4 heterocycles. The van der Waals surface area contributed by atoms with Crippen molar-refractivity contribution in [3.05, 3.63) is 42.5 Å². The van der Waals surface area contributed by atoms with Gasteiger partial charge in [-0.1, -0.05) is 19.0 Å². The van der Waals surface area contributed by atoms with Crippen LogP contribution in [0.15, 0.2) is 40.3 Å². The Labute approximate surface area is 200 Å². The van der Waals surface area contributed by atoms with E-state index in [4.69, 9.17) is 14.4 Å². The molecule has 0 bridgehead atoms. The number of imidazole rings is 1. The van der Waals surface area contributed by atoms with Gasteiger partial charge in [0.05, 0.1) is 5.69 Å². The number of fused-ring (bicyclic) bond motifs is 1. The van der Waals surface area contributed by atoms with E-state index in [9.17, 15) is 12.8 Å². The minimum atomic E-state index is -4.17. The van der Waals surface area contributed by atoms with Crippen LogP contribution in [-0.2, 0) is 10.0 Å². The highest BCUT2D eigenvalue weighted by Crippen LogP contribution is 2.27. The van der Waals surface area contributed by atoms with Gasteiger partial charge in [-0.3, -0.25) is 4.57 Å². The van der Waals surface area contributed by atoms with Crippen LogP contribution in [0, 0.1) is 5.82 Å². The zero-order valence-corrected chi connectivity index (χ0v) is 19.8. The lowest BCUT2D eigenvalue weighted by molar-refractivity contribution is 0.163. The number of sulfonamides is 1. The van der Waals surface area contributed by atoms with Crippen LogP contribution in [0.2, 0.25) is 0 Å². The second-order valence-corrected chi connectivity index (χ2v) is 10.0. The summed E-state index contributed by atoms with van der Waals surface area (Å²) in [4.78, 5) is 18.7. The fourth-order valence-corrected chi connectivity index (χ4v) is 4.46. The van der Waals surface area contributed by atoms with Gasteiger partial charge in [-0.2, -0.15) is 9.97 Å². The number of benzene rings is 1. The highest BCUT2D eigenvalue weighted by Gasteiger charge is 2.26. The van der Waals surface area contributed by atoms with Crippen molar-refractivity contribution in [2.75, 3.05) is 18.0 Å². The molecule has 0 aliphatic carbocycles. The molecule has 1 fully saturated rings. The van der Waals surface area contributed by atoms with Crippen LogP contribution in [0.4, 0.5) is 10.4 Å². The number of halogens is 1. The first-order valence-electron chi connectivity index (χ1n) is 11.0. The van der Waals surface area contributed by atoms with Gasteiger partial charge in [0, 0.05) is 31.8 Å². The van der Waals surface area contributed by atoms with Crippen LogP contribution in [0.1, 0.15) is 38.4 Å². The lowest BCUT2D eigenvalue weighted by atomic mass is 10.1. The maximum atomic E-state index is 14.4. The molecule has 0 atom stereocenters. The van der Waals surface area contributed by atoms with Gasteiger partial charge in [-0.05, 0) is 18.2 Å². The van der Waals surface area contributed by atoms with E-state index in [-0.39, 0.29) is 12.0 Å². The Morgan fingerprint density at radius 3 is 2.63 bits per heavy atom. The summed E-state index contributed by atoms with van der Waals surface area (Å²) in [5.74, 6) is 0.215. The number of hydrogen-bond donors (Lipinski definition) is 1. The summed E-state index contributed by atoms with van der Waals surface area (Å²) < 4.78 is 50.4. The Hall–Kier alpha value is -3.65. The molecule has 0 amide bonds. The largest absolute Gasteiger partial charge is 0.473 e. The monoisotopic (exact) mass is 502 g/mol. The number of rotatable bonds is 6. The molecular formula is C21H23FN8O4S. The van der Waals surface area contributed by atoms with E-state index >= 15 is 0 Å². The normalized spacial score (nSPS) is 15.3. The molecule has 1 aliphatic heterocycles. The minimum absolute atomic E-state index is 0.103. The van der Waals surface area contributed by atoms with Gasteiger partial charge < -0.3 is 14.2 Å². The van der Waals surface area contributed by atoms with Crippen LogP contribution in [0.5, 0.6) is 5.88 Å². The lowest BCUT2D eigenvalue weighted by Crippen LogP contribution is -2.38. The number of nitrogens with zero attached hydrogens (tertiary/aromatic N) is 7. The van der Waals surface area contributed by atoms with E-state index in [1.807, 2.05) is 18.7 Å². The van der Waals surface area contributed by atoms with Crippen molar-refractivity contribution >= 4 is 27.2 Å². The van der Waals surface area contributed by atoms with Gasteiger partial charge in [0.1, 0.15) is 29.5 Å². The third-order valence-electron chi connectivity index (χ3n) is 5.74. The standard InChI is InChI=1S/C21H23FN8O4S/c1-12(2)18-27-21(34-28-18)29-7-5-14(6-8-29)33-20-17-19(24-10-25-20)30(11-26-17)13-3-4-16(15(22)9-13)35(23,31)32/h3-4,9-12,14H,5-8H2,1-2H3,(H2,23,31,32). The first kappa shape index (κ1) is 23.1. The number of piperidine rings is 1. The molecule has 0 unspecified atom stereocenters. The molecule has 12 nitrogen and oxygen atoms in total. The Morgan fingerprint density at radius 2 is 1.97 bits per heavy atom. The SMILES string of the molecule is CC(C)c1noc(N2CCC(Oc3ncnc4c3ncn4-c3ccc(S(N)(=O)=O)c(F)c3)CC2)n1. The average Bonchev–Trinajstić information content (AvgIpc) is 3.47. The molecule has 1 aliphatic rings. The zero-order chi connectivity index (χ0) is 24.7. The first-order chi connectivity index (χ1) is 16.7. The fraction of sp³-hybridized carbons (Fsp3) is 0.381. The van der Waals surface area contributed by atoms with Crippen molar-refractivity contribution < 1.29 is 22.1 Å². The van der Waals surface area contributed by atoms with Crippen LogP contribution < -0.4 is 14.8 Å². The van der Waals surface area contributed by atoms with Crippen molar-refractivity contribution in [2.24, 2.45) is 5.14 Å². The number of anilines is 1. The van der Waals surface area contributed by atoms with Crippen molar-refractivity contribution in [1.82, 2.24) is 29.7 Å². The summed E-state index contributed by atoms with van der Waals surface area (Å²) in [6.45, 7) is 5.38. The molecule has 1 saturated heterocycles. The Morgan fingerprint density at radius 1 is 1.20 bits per heavy atom. The number of hydrogen-bond acceptors (Lipinski definition) is 10. The summed E-state index contributed by atoms with van der Waals surface area (Å²) in [7, 11) is -4.17. The van der Waals surface area contributed by atoms with Crippen LogP contribution >= 0.6 is 0 Å². The van der Waals surface area contributed by atoms with Crippen molar-refractivity contribution in [1.29, 1.82) is 0 Å². The summed E-state index contributed by atoms with van der Waals surface area (Å²) in [5.41, 5.74) is 1.13. The zero-order valence-electron chi connectivity index (χ0n) is 19.0. The van der Waals surface area contributed by atoms with Crippen molar-refractivity contribution in [2.45, 2.75) is 43.6 Å². The van der Waals surface area contributed by atoms with E-state index in [1.165, 1.54) is 23.3 Å². The van der Waals surface area contributed by atoms with Crippen molar-refractivity contribution in [3.63, 3.8) is 0 Å². The summed E-state index contributed by atoms with van der Waals surface area (Å²) in [5, 5.41) is 9.06. The Kier molecular flexibility index (Phi) is 5.84. The fourth-order valence-electron chi connectivity index (χ4n) is 3.87. The average molecular weight is 503 g/mol. The van der Waals surface area contributed by atoms with Gasteiger partial charge in [-0.25, -0.2) is 27.9 Å². The van der Waals surface area contributed by atoms with E-state index in [0.29, 0.717) is 60.5 Å². The van der Waals surface area contributed by atoms with E-state index in [2.05, 4.69) is 25.1 Å². The van der Waals surface area contributed by atoms with Gasteiger partial charge in [0.2, 0.25) is 15.9 Å². The molecule has 0 radical (unpaired) electrons. The molecule has 184 valence electrons. The topological polar surface area (TPSA) is 155 Å². The number of aromatic nitrogens is 6. The molecule has 1 aromatic carbocycles. The second kappa shape index (κ2) is 8.85. The molecule has 2 N–H and O–H groups in total. The molecule has 35 heavy (non-hydrogen) atoms. The summed E-state index contributed by atoms with van der Waals surface area (Å²) >= 11 is 0. The maximum absolute atomic E-state index is 14.4. The predicted octanol–water partition coefficient (Wildman–Crippen LogP) is 2.16. The number of nitrogens with two attached hydrogens (primary N) is 1. The quantitative estimate of drug-likeness (QED) is 0.414. The Balaban J connectivity index is 1.32. The van der Waals surface area contributed by atoms with Gasteiger partial charge in [-0.15, -0.1) is 0 Å². The number of primary sulfonamides is 1. The molecular weight excluding hydrogens is 479 g/mol. The van der Waals surface area contributed by atoms with Crippen LogP contribution in [-0.4, -0.2) is 57.3 Å². The highest BCUT2D eigenvalue weighted by molar-refractivity contribution is 7.89. The minimum Gasteiger partial charge on any atom is -0.473 e. The van der Waals surface area contributed by atoms with Crippen LogP contribution in [0.3, 0.4) is 0 Å². The number of ether oxygens (including phenoxy) is 1. The predicted molar refractivity (Wildman–Crippen MR) is 122 cm³/mol. The van der Waals surface area contributed by atoms with E-state index < -0.39 is 20.7 Å². The molecule has 4 aromatic rings. The van der Waals surface area contributed by atoms with Gasteiger partial charge in [0.15, 0.2) is 17.0 Å². The Bertz CT molecular complexity index is 1480. The summed E-state index contributed by atoms with van der Waals surface area (Å²) in [6.07, 6.45) is 4.11. The smallest absolute Gasteiger partial charge is 0.324 e. The lowest BCUT2D eigenvalue weighted by Gasteiger charge is -2.30. The maximum Gasteiger partial charge on any atom is 0.324 e. The molecule has 0 spiro atoms. The van der Waals surface area contributed by atoms with Gasteiger partial charge >= 0.3 is 6.01 Å². The molecule has 5 rings (SSSR count).